The van der Waals surface area contributed by atoms with E-state index in [4.69, 9.17) is 0 Å². The van der Waals surface area contributed by atoms with Gasteiger partial charge in [-0.25, -0.2) is 0 Å². The largest absolute Gasteiger partial charge is 0.365 e. The lowest BCUT2D eigenvalue weighted by molar-refractivity contribution is 0.478. The van der Waals surface area contributed by atoms with Crippen molar-refractivity contribution in [3.05, 3.63) is 18.1 Å². The number of aromatic nitrogens is 2. The number of hydrogen-bond acceptors (Lipinski definition) is 3. The average molecular weight is 201 g/mol. The van der Waals surface area contributed by atoms with E-state index in [1.165, 1.54) is 0 Å². The fourth-order valence-electron chi connectivity index (χ4n) is 0.889. The van der Waals surface area contributed by atoms with Crippen LogP contribution in [0, 0.1) is 12.0 Å². The molecule has 0 unspecified atom stereocenters. The second kappa shape index (κ2) is 3.86. The summed E-state index contributed by atoms with van der Waals surface area (Å²) in [4.78, 5) is 6.34. The van der Waals surface area contributed by atoms with E-state index >= 15 is 0 Å². The molecule has 1 N–H and O–H groups in total. The molecule has 0 atom stereocenters. The zero-order valence-corrected chi connectivity index (χ0v) is 8.43. The van der Waals surface area contributed by atoms with Crippen LogP contribution < -0.4 is 5.32 Å². The van der Waals surface area contributed by atoms with Gasteiger partial charge in [-0.05, 0) is 20.3 Å². The van der Waals surface area contributed by atoms with Gasteiger partial charge in [0.05, 0.1) is 0 Å². The third-order valence-corrected chi connectivity index (χ3v) is 2.02. The van der Waals surface area contributed by atoms with E-state index in [1.54, 1.807) is 0 Å². The average Bonchev–Trinajstić information content (AvgIpc) is 2.01. The van der Waals surface area contributed by atoms with Crippen LogP contribution in [-0.4, -0.2) is 15.5 Å². The van der Waals surface area contributed by atoms with Gasteiger partial charge in [0.2, 0.25) is 5.95 Å². The van der Waals surface area contributed by atoms with Crippen molar-refractivity contribution >= 4 is 5.82 Å². The van der Waals surface area contributed by atoms with Gasteiger partial charge in [-0.2, -0.15) is 18.7 Å². The second-order valence-corrected chi connectivity index (χ2v) is 3.71. The van der Waals surface area contributed by atoms with Crippen LogP contribution in [0.4, 0.5) is 14.6 Å². The van der Waals surface area contributed by atoms with E-state index < -0.39 is 12.0 Å². The number of anilines is 1. The Hall–Kier alpha value is -1.26. The molecule has 14 heavy (non-hydrogen) atoms. The molecule has 0 aliphatic rings. The van der Waals surface area contributed by atoms with Crippen LogP contribution in [-0.2, 0) is 0 Å². The van der Waals surface area contributed by atoms with E-state index in [0.717, 1.165) is 12.5 Å². The van der Waals surface area contributed by atoms with Gasteiger partial charge >= 0.3 is 6.08 Å². The fraction of sp³-hybridized carbons (Fsp3) is 0.556. The van der Waals surface area contributed by atoms with E-state index in [-0.39, 0.29) is 11.4 Å². The molecule has 0 saturated heterocycles. The van der Waals surface area contributed by atoms with Gasteiger partial charge < -0.3 is 5.32 Å². The van der Waals surface area contributed by atoms with Crippen LogP contribution >= 0.6 is 0 Å². The van der Waals surface area contributed by atoms with Crippen molar-refractivity contribution in [2.24, 2.45) is 0 Å². The van der Waals surface area contributed by atoms with Crippen molar-refractivity contribution in [2.75, 3.05) is 5.32 Å². The molecule has 0 fully saturated rings. The number of nitrogens with zero attached hydrogens (tertiary/aromatic N) is 2. The summed E-state index contributed by atoms with van der Waals surface area (Å²) in [5, 5.41) is 2.92. The number of nitrogens with one attached hydrogen (secondary N) is 1. The smallest absolute Gasteiger partial charge is 0.313 e. The Balaban J connectivity index is 2.87. The molecule has 0 aromatic carbocycles. The van der Waals surface area contributed by atoms with Crippen molar-refractivity contribution in [2.45, 2.75) is 32.7 Å². The Morgan fingerprint density at radius 3 is 2.50 bits per heavy atom. The zero-order chi connectivity index (χ0) is 10.8. The molecular formula is C9H13F2N3. The van der Waals surface area contributed by atoms with E-state index in [0.29, 0.717) is 0 Å². The Morgan fingerprint density at radius 1 is 1.36 bits per heavy atom. The first-order chi connectivity index (χ1) is 6.43. The molecule has 0 bridgehead atoms. The standard InChI is InChI=1S/C9H13F2N3/c1-4-9(2,3)14-7-5-6(10)12-8(11)13-7/h5H,4H2,1-3H3,(H,12,13,14). The maximum Gasteiger partial charge on any atom is 0.313 e. The topological polar surface area (TPSA) is 37.8 Å². The normalized spacial score (nSPS) is 11.5. The summed E-state index contributed by atoms with van der Waals surface area (Å²) in [6.07, 6.45) is -0.236. The first-order valence-corrected chi connectivity index (χ1v) is 4.41. The Kier molecular flexibility index (Phi) is 2.98. The van der Waals surface area contributed by atoms with Crippen molar-refractivity contribution in [1.29, 1.82) is 0 Å². The van der Waals surface area contributed by atoms with Gasteiger partial charge in [0, 0.05) is 11.6 Å². The predicted molar refractivity (Wildman–Crippen MR) is 49.9 cm³/mol. The van der Waals surface area contributed by atoms with Crippen LogP contribution in [0.15, 0.2) is 6.07 Å². The van der Waals surface area contributed by atoms with E-state index in [2.05, 4.69) is 15.3 Å². The van der Waals surface area contributed by atoms with E-state index in [9.17, 15) is 8.78 Å². The zero-order valence-electron chi connectivity index (χ0n) is 8.43. The van der Waals surface area contributed by atoms with Crippen LogP contribution in [0.25, 0.3) is 0 Å². The Labute approximate surface area is 81.6 Å². The monoisotopic (exact) mass is 201 g/mol. The fourth-order valence-corrected chi connectivity index (χ4v) is 0.889. The lowest BCUT2D eigenvalue weighted by Gasteiger charge is -2.24. The molecule has 1 aromatic heterocycles. The number of hydrogen-bond donors (Lipinski definition) is 1. The molecule has 0 amide bonds. The van der Waals surface area contributed by atoms with Crippen LogP contribution in [0.3, 0.4) is 0 Å². The van der Waals surface area contributed by atoms with Gasteiger partial charge in [-0.3, -0.25) is 0 Å². The van der Waals surface area contributed by atoms with Crippen LogP contribution in [0.5, 0.6) is 0 Å². The second-order valence-electron chi connectivity index (χ2n) is 3.71. The van der Waals surface area contributed by atoms with Crippen molar-refractivity contribution in [1.82, 2.24) is 9.97 Å². The lowest BCUT2D eigenvalue weighted by atomic mass is 10.0. The first-order valence-electron chi connectivity index (χ1n) is 4.41. The number of rotatable bonds is 3. The summed E-state index contributed by atoms with van der Waals surface area (Å²) < 4.78 is 25.3. The minimum Gasteiger partial charge on any atom is -0.365 e. The molecule has 3 nitrogen and oxygen atoms in total. The van der Waals surface area contributed by atoms with Crippen molar-refractivity contribution < 1.29 is 8.78 Å². The van der Waals surface area contributed by atoms with Gasteiger partial charge in [-0.1, -0.05) is 6.92 Å². The first kappa shape index (κ1) is 10.8. The Morgan fingerprint density at radius 2 is 2.00 bits per heavy atom. The van der Waals surface area contributed by atoms with Crippen LogP contribution in [0.2, 0.25) is 0 Å². The van der Waals surface area contributed by atoms with Crippen molar-refractivity contribution in [3.8, 4) is 0 Å². The lowest BCUT2D eigenvalue weighted by Crippen LogP contribution is -2.30. The van der Waals surface area contributed by atoms with Gasteiger partial charge in [0.15, 0.2) is 0 Å². The molecule has 78 valence electrons. The minimum atomic E-state index is -1.06. The quantitative estimate of drug-likeness (QED) is 0.602. The highest BCUT2D eigenvalue weighted by molar-refractivity contribution is 5.35. The van der Waals surface area contributed by atoms with Crippen LogP contribution in [0.1, 0.15) is 27.2 Å². The van der Waals surface area contributed by atoms with Gasteiger partial charge in [0.1, 0.15) is 5.82 Å². The summed E-state index contributed by atoms with van der Waals surface area (Å²) in [6, 6.07) is 1.07. The molecule has 0 spiro atoms. The van der Waals surface area contributed by atoms with Crippen molar-refractivity contribution in [3.63, 3.8) is 0 Å². The number of halogens is 2. The molecule has 0 radical (unpaired) electrons. The molecule has 1 heterocycles. The molecule has 1 rings (SSSR count). The molecule has 0 aliphatic heterocycles. The third kappa shape index (κ3) is 2.90. The molecule has 5 heteroatoms. The molecular weight excluding hydrogens is 188 g/mol. The summed E-state index contributed by atoms with van der Waals surface area (Å²) in [5.41, 5.74) is -0.243. The van der Waals surface area contributed by atoms with Gasteiger partial charge in [0.25, 0.3) is 0 Å². The highest BCUT2D eigenvalue weighted by atomic mass is 19.1. The summed E-state index contributed by atoms with van der Waals surface area (Å²) in [6.45, 7) is 5.82. The SMILES string of the molecule is CCC(C)(C)Nc1cc(F)nc(F)n1. The van der Waals surface area contributed by atoms with Gasteiger partial charge in [-0.15, -0.1) is 0 Å². The summed E-state index contributed by atoms with van der Waals surface area (Å²) in [5.74, 6) is -0.700. The molecule has 1 aromatic rings. The Bertz CT molecular complexity index is 306. The van der Waals surface area contributed by atoms with E-state index in [1.807, 2.05) is 20.8 Å². The predicted octanol–water partition coefficient (Wildman–Crippen LogP) is 2.36. The highest BCUT2D eigenvalue weighted by Crippen LogP contribution is 2.16. The summed E-state index contributed by atoms with van der Waals surface area (Å²) >= 11 is 0. The third-order valence-electron chi connectivity index (χ3n) is 2.02. The highest BCUT2D eigenvalue weighted by Gasteiger charge is 2.16. The summed E-state index contributed by atoms with van der Waals surface area (Å²) in [7, 11) is 0. The molecule has 0 saturated carbocycles. The minimum absolute atomic E-state index is 0.168. The maximum absolute atomic E-state index is 12.7. The maximum atomic E-state index is 12.7. The molecule has 0 aliphatic carbocycles.